The van der Waals surface area contributed by atoms with Gasteiger partial charge in [-0.2, -0.15) is 0 Å². The Morgan fingerprint density at radius 3 is 2.92 bits per heavy atom. The van der Waals surface area contributed by atoms with E-state index < -0.39 is 0 Å². The topological polar surface area (TPSA) is 24.1 Å². The molecule has 0 saturated carbocycles. The van der Waals surface area contributed by atoms with Crippen LogP contribution in [0, 0.1) is 5.41 Å². The first-order chi connectivity index (χ1) is 5.72. The Morgan fingerprint density at radius 1 is 1.33 bits per heavy atom. The van der Waals surface area contributed by atoms with E-state index in [9.17, 15) is 0 Å². The van der Waals surface area contributed by atoms with Gasteiger partial charge in [0.15, 0.2) is 0 Å². The molecule has 2 nitrogen and oxygen atoms in total. The van der Waals surface area contributed by atoms with Crippen LogP contribution in [0.1, 0.15) is 33.1 Å². The fourth-order valence-electron chi connectivity index (χ4n) is 3.09. The Bertz CT molecular complexity index is 167. The van der Waals surface area contributed by atoms with Crippen molar-refractivity contribution in [3.05, 3.63) is 0 Å². The van der Waals surface area contributed by atoms with Crippen LogP contribution in [-0.4, -0.2) is 25.2 Å². The summed E-state index contributed by atoms with van der Waals surface area (Å²) < 4.78 is 0. The molecule has 0 aliphatic carbocycles. The molecule has 12 heavy (non-hydrogen) atoms. The van der Waals surface area contributed by atoms with Crippen molar-refractivity contribution >= 4 is 0 Å². The summed E-state index contributed by atoms with van der Waals surface area (Å²) in [7, 11) is 0. The van der Waals surface area contributed by atoms with Crippen molar-refractivity contribution in [2.75, 3.05) is 19.6 Å². The first kappa shape index (κ1) is 8.52. The maximum Gasteiger partial charge on any atom is 0.0347 e. The molecule has 0 aromatic carbocycles. The second-order valence-corrected chi connectivity index (χ2v) is 4.64. The standard InChI is InChI=1S/C10H20N2/c1-3-4-10-5-6-12-9(10,2)7-11-8-10/h11-12H,3-8H2,1-2H3/t9-,10+/m0/s1. The van der Waals surface area contributed by atoms with Gasteiger partial charge in [0.25, 0.3) is 0 Å². The smallest absolute Gasteiger partial charge is 0.0347 e. The van der Waals surface area contributed by atoms with Gasteiger partial charge in [0, 0.05) is 24.0 Å². The van der Waals surface area contributed by atoms with Crippen LogP contribution in [0.2, 0.25) is 0 Å². The van der Waals surface area contributed by atoms with Crippen LogP contribution in [0.3, 0.4) is 0 Å². The zero-order valence-corrected chi connectivity index (χ0v) is 8.24. The fraction of sp³-hybridized carbons (Fsp3) is 1.00. The molecule has 2 aliphatic heterocycles. The Kier molecular flexibility index (Phi) is 1.92. The minimum atomic E-state index is 0.392. The van der Waals surface area contributed by atoms with Gasteiger partial charge < -0.3 is 10.6 Å². The van der Waals surface area contributed by atoms with Gasteiger partial charge in [-0.25, -0.2) is 0 Å². The summed E-state index contributed by atoms with van der Waals surface area (Å²) in [6.45, 7) is 8.29. The highest BCUT2D eigenvalue weighted by Gasteiger charge is 2.53. The second-order valence-electron chi connectivity index (χ2n) is 4.64. The van der Waals surface area contributed by atoms with Crippen LogP contribution >= 0.6 is 0 Å². The van der Waals surface area contributed by atoms with Crippen molar-refractivity contribution in [1.82, 2.24) is 10.6 Å². The van der Waals surface area contributed by atoms with Crippen molar-refractivity contribution in [1.29, 1.82) is 0 Å². The molecule has 0 aromatic heterocycles. The maximum atomic E-state index is 3.66. The van der Waals surface area contributed by atoms with Gasteiger partial charge in [0.05, 0.1) is 0 Å². The highest BCUT2D eigenvalue weighted by molar-refractivity contribution is 5.12. The van der Waals surface area contributed by atoms with Crippen LogP contribution in [0.5, 0.6) is 0 Å². The van der Waals surface area contributed by atoms with E-state index in [4.69, 9.17) is 0 Å². The molecule has 0 bridgehead atoms. The Morgan fingerprint density at radius 2 is 2.17 bits per heavy atom. The monoisotopic (exact) mass is 168 g/mol. The van der Waals surface area contributed by atoms with Crippen LogP contribution in [0.25, 0.3) is 0 Å². The lowest BCUT2D eigenvalue weighted by atomic mass is 9.71. The average molecular weight is 168 g/mol. The van der Waals surface area contributed by atoms with Crippen LogP contribution < -0.4 is 10.6 Å². The number of nitrogens with one attached hydrogen (secondary N) is 2. The Balaban J connectivity index is 2.20. The highest BCUT2D eigenvalue weighted by atomic mass is 15.1. The molecule has 2 saturated heterocycles. The van der Waals surface area contributed by atoms with Crippen LogP contribution in [0.15, 0.2) is 0 Å². The number of rotatable bonds is 2. The van der Waals surface area contributed by atoms with E-state index in [2.05, 4.69) is 24.5 Å². The van der Waals surface area contributed by atoms with Crippen molar-refractivity contribution in [3.63, 3.8) is 0 Å². The summed E-state index contributed by atoms with van der Waals surface area (Å²) in [5.41, 5.74) is 0.963. The van der Waals surface area contributed by atoms with E-state index >= 15 is 0 Å². The molecule has 0 unspecified atom stereocenters. The van der Waals surface area contributed by atoms with E-state index in [1.165, 1.54) is 32.4 Å². The van der Waals surface area contributed by atoms with Gasteiger partial charge in [-0.1, -0.05) is 13.3 Å². The van der Waals surface area contributed by atoms with Crippen molar-refractivity contribution < 1.29 is 0 Å². The maximum absolute atomic E-state index is 3.66. The highest BCUT2D eigenvalue weighted by Crippen LogP contribution is 2.45. The summed E-state index contributed by atoms with van der Waals surface area (Å²) in [4.78, 5) is 0. The van der Waals surface area contributed by atoms with Gasteiger partial charge in [0.2, 0.25) is 0 Å². The van der Waals surface area contributed by atoms with Gasteiger partial charge in [0.1, 0.15) is 0 Å². The molecule has 0 amide bonds. The van der Waals surface area contributed by atoms with Gasteiger partial charge >= 0.3 is 0 Å². The lowest BCUT2D eigenvalue weighted by Crippen LogP contribution is -2.48. The zero-order valence-electron chi connectivity index (χ0n) is 8.24. The summed E-state index contributed by atoms with van der Waals surface area (Å²) in [5, 5.41) is 7.19. The van der Waals surface area contributed by atoms with Gasteiger partial charge in [-0.15, -0.1) is 0 Å². The van der Waals surface area contributed by atoms with Gasteiger partial charge in [-0.05, 0) is 26.3 Å². The van der Waals surface area contributed by atoms with Crippen molar-refractivity contribution in [2.24, 2.45) is 5.41 Å². The molecule has 2 fully saturated rings. The molecule has 2 heterocycles. The van der Waals surface area contributed by atoms with E-state index in [0.29, 0.717) is 11.0 Å². The van der Waals surface area contributed by atoms with E-state index in [-0.39, 0.29) is 0 Å². The molecule has 2 atom stereocenters. The number of hydrogen-bond acceptors (Lipinski definition) is 2. The molecule has 0 radical (unpaired) electrons. The molecular weight excluding hydrogens is 148 g/mol. The van der Waals surface area contributed by atoms with E-state index in [1.807, 2.05) is 0 Å². The number of hydrogen-bond donors (Lipinski definition) is 2. The molecule has 2 heteroatoms. The summed E-state index contributed by atoms with van der Waals surface area (Å²) >= 11 is 0. The third-order valence-electron chi connectivity index (χ3n) is 3.96. The molecular formula is C10H20N2. The lowest BCUT2D eigenvalue weighted by Gasteiger charge is -2.36. The third kappa shape index (κ3) is 0.944. The summed E-state index contributed by atoms with van der Waals surface area (Å²) in [6.07, 6.45) is 4.06. The molecule has 70 valence electrons. The third-order valence-corrected chi connectivity index (χ3v) is 3.96. The van der Waals surface area contributed by atoms with Crippen molar-refractivity contribution in [2.45, 2.75) is 38.6 Å². The first-order valence-corrected chi connectivity index (χ1v) is 5.18. The zero-order chi connectivity index (χ0) is 8.66. The SMILES string of the molecule is CCC[C@]12CCN[C@@]1(C)CNC2. The average Bonchev–Trinajstić information content (AvgIpc) is 2.42. The Labute approximate surface area is 75.1 Å². The molecule has 0 aromatic rings. The lowest BCUT2D eigenvalue weighted by molar-refractivity contribution is 0.202. The molecule has 2 N–H and O–H groups in total. The van der Waals surface area contributed by atoms with Crippen molar-refractivity contribution in [3.8, 4) is 0 Å². The van der Waals surface area contributed by atoms with E-state index in [1.54, 1.807) is 0 Å². The molecule has 2 rings (SSSR count). The fourth-order valence-corrected chi connectivity index (χ4v) is 3.09. The minimum Gasteiger partial charge on any atom is -0.314 e. The minimum absolute atomic E-state index is 0.392. The molecule has 0 spiro atoms. The normalized spacial score (nSPS) is 46.5. The van der Waals surface area contributed by atoms with Crippen LogP contribution in [-0.2, 0) is 0 Å². The molecule has 2 aliphatic rings. The summed E-state index contributed by atoms with van der Waals surface area (Å²) in [6, 6.07) is 0. The van der Waals surface area contributed by atoms with Gasteiger partial charge in [-0.3, -0.25) is 0 Å². The Hall–Kier alpha value is -0.0800. The predicted molar refractivity (Wildman–Crippen MR) is 51.2 cm³/mol. The first-order valence-electron chi connectivity index (χ1n) is 5.18. The largest absolute Gasteiger partial charge is 0.314 e. The predicted octanol–water partition coefficient (Wildman–Crippen LogP) is 1.13. The quantitative estimate of drug-likeness (QED) is 0.646. The number of fused-ring (bicyclic) bond motifs is 1. The second kappa shape index (κ2) is 2.71. The van der Waals surface area contributed by atoms with Crippen LogP contribution in [0.4, 0.5) is 0 Å². The van der Waals surface area contributed by atoms with E-state index in [0.717, 1.165) is 6.54 Å². The summed E-state index contributed by atoms with van der Waals surface area (Å²) in [5.74, 6) is 0.